The Bertz CT molecular complexity index is 106. The van der Waals surface area contributed by atoms with Crippen molar-refractivity contribution in [3.05, 3.63) is 0 Å². The van der Waals surface area contributed by atoms with Crippen molar-refractivity contribution in [1.29, 1.82) is 0 Å². The molecule has 2 nitrogen and oxygen atoms in total. The Balaban J connectivity index is 0. The van der Waals surface area contributed by atoms with Gasteiger partial charge < -0.3 is 5.73 Å². The molecule has 0 aromatic carbocycles. The van der Waals surface area contributed by atoms with Crippen molar-refractivity contribution >= 4 is 17.9 Å². The second kappa shape index (κ2) is 15.3. The lowest BCUT2D eigenvalue weighted by atomic mass is 10.1. The highest BCUT2D eigenvalue weighted by Gasteiger charge is 1.87. The van der Waals surface area contributed by atoms with Gasteiger partial charge in [0.2, 0.25) is 0 Å². The Morgan fingerprint density at radius 1 is 0.929 bits per heavy atom. The average Bonchev–Trinajstić information content (AvgIpc) is 2.10. The Kier molecular flexibility index (Phi) is 17.8. The number of hydrogen-bond donors (Lipinski definition) is 2. The summed E-state index contributed by atoms with van der Waals surface area (Å²) in [6.07, 6.45) is 11.5. The van der Waals surface area contributed by atoms with Crippen LogP contribution in [0.25, 0.3) is 0 Å². The van der Waals surface area contributed by atoms with Crippen molar-refractivity contribution in [3.63, 3.8) is 0 Å². The fourth-order valence-corrected chi connectivity index (χ4v) is 1.21. The molecular weight excluding hydrogens is 194 g/mol. The van der Waals surface area contributed by atoms with Gasteiger partial charge in [0.25, 0.3) is 5.24 Å². The Hall–Kier alpha value is -0.180. The van der Waals surface area contributed by atoms with Gasteiger partial charge in [0.1, 0.15) is 0 Å². The number of hydrogen-bond acceptors (Lipinski definition) is 1. The quantitative estimate of drug-likeness (QED) is 0.490. The first kappa shape index (κ1) is 16.3. The summed E-state index contributed by atoms with van der Waals surface area (Å²) in [5.74, 6) is 0. The third kappa shape index (κ3) is 29.8. The first-order valence-corrected chi connectivity index (χ1v) is 6.08. The lowest BCUT2D eigenvalue weighted by Gasteiger charge is -1.97. The third-order valence-corrected chi connectivity index (χ3v) is 1.96. The maximum absolute atomic E-state index is 9.09. The normalized spacial score (nSPS) is 9.07. The van der Waals surface area contributed by atoms with Crippen molar-refractivity contribution < 1.29 is 4.79 Å². The molecular formula is C11H25NOS. The monoisotopic (exact) mass is 219 g/mol. The molecule has 0 unspecified atom stereocenters. The molecule has 0 atom stereocenters. The molecule has 0 aliphatic carbocycles. The van der Waals surface area contributed by atoms with Crippen molar-refractivity contribution in [2.24, 2.45) is 5.73 Å². The van der Waals surface area contributed by atoms with Gasteiger partial charge in [-0.05, 0) is 0 Å². The highest BCUT2D eigenvalue weighted by atomic mass is 32.1. The summed E-state index contributed by atoms with van der Waals surface area (Å²) in [5, 5.41) is -0.639. The van der Waals surface area contributed by atoms with Gasteiger partial charge in [-0.25, -0.2) is 0 Å². The lowest BCUT2D eigenvalue weighted by molar-refractivity contribution is 0.267. The van der Waals surface area contributed by atoms with E-state index in [1.54, 1.807) is 0 Å². The summed E-state index contributed by atoms with van der Waals surface area (Å²) in [6.45, 7) is 4.54. The molecule has 0 spiro atoms. The minimum absolute atomic E-state index is 0.639. The van der Waals surface area contributed by atoms with Gasteiger partial charge in [0.15, 0.2) is 0 Å². The van der Waals surface area contributed by atoms with Crippen LogP contribution in [-0.4, -0.2) is 5.24 Å². The van der Waals surface area contributed by atoms with Crippen LogP contribution in [0.15, 0.2) is 0 Å². The number of nitrogens with two attached hydrogens (primary N) is 1. The molecule has 0 aromatic heterocycles. The predicted molar refractivity (Wildman–Crippen MR) is 66.9 cm³/mol. The van der Waals surface area contributed by atoms with E-state index >= 15 is 0 Å². The number of primary amides is 1. The van der Waals surface area contributed by atoms with E-state index in [0.717, 1.165) is 0 Å². The molecule has 0 aliphatic rings. The van der Waals surface area contributed by atoms with Crippen LogP contribution in [-0.2, 0) is 0 Å². The molecule has 1 amide bonds. The summed E-state index contributed by atoms with van der Waals surface area (Å²) in [6, 6.07) is 0. The molecule has 0 heterocycles. The topological polar surface area (TPSA) is 43.1 Å². The van der Waals surface area contributed by atoms with Crippen molar-refractivity contribution in [2.45, 2.75) is 65.2 Å². The number of amides is 1. The SMILES string of the molecule is CCCCCCCCCC.NC(=O)S. The number of rotatable bonds is 7. The summed E-state index contributed by atoms with van der Waals surface area (Å²) >= 11 is 3.10. The second-order valence-corrected chi connectivity index (χ2v) is 3.90. The fourth-order valence-electron chi connectivity index (χ4n) is 1.21. The maximum atomic E-state index is 9.09. The van der Waals surface area contributed by atoms with Gasteiger partial charge in [0.05, 0.1) is 0 Å². The van der Waals surface area contributed by atoms with Crippen LogP contribution in [0.3, 0.4) is 0 Å². The summed E-state index contributed by atoms with van der Waals surface area (Å²) in [5.41, 5.74) is 4.34. The van der Waals surface area contributed by atoms with E-state index in [1.807, 2.05) is 0 Å². The largest absolute Gasteiger partial charge is 0.361 e. The first-order valence-electron chi connectivity index (χ1n) is 5.63. The Labute approximate surface area is 94.1 Å². The molecule has 0 aromatic rings. The molecule has 2 N–H and O–H groups in total. The van der Waals surface area contributed by atoms with Crippen LogP contribution in [0.2, 0.25) is 0 Å². The number of carbonyl (C=O) groups is 1. The summed E-state index contributed by atoms with van der Waals surface area (Å²) < 4.78 is 0. The van der Waals surface area contributed by atoms with Crippen LogP contribution in [0.5, 0.6) is 0 Å². The molecule has 0 rings (SSSR count). The zero-order chi connectivity index (χ0) is 11.2. The van der Waals surface area contributed by atoms with E-state index in [4.69, 9.17) is 4.79 Å². The van der Waals surface area contributed by atoms with Crippen LogP contribution in [0, 0.1) is 0 Å². The molecule has 0 radical (unpaired) electrons. The standard InChI is InChI=1S/C10H22.CH3NOS/c1-3-5-7-9-10-8-6-4-2;2-1(3)4/h3-10H2,1-2H3;(H3,2,3,4). The first-order chi connectivity index (χ1) is 6.65. The Morgan fingerprint density at radius 2 is 1.14 bits per heavy atom. The van der Waals surface area contributed by atoms with Gasteiger partial charge in [-0.15, -0.1) is 0 Å². The lowest BCUT2D eigenvalue weighted by Crippen LogP contribution is -1.95. The minimum Gasteiger partial charge on any atom is -0.361 e. The molecule has 0 saturated heterocycles. The van der Waals surface area contributed by atoms with Crippen LogP contribution in [0.4, 0.5) is 4.79 Å². The molecule has 14 heavy (non-hydrogen) atoms. The number of thiol groups is 1. The smallest absolute Gasteiger partial charge is 0.273 e. The van der Waals surface area contributed by atoms with E-state index in [2.05, 4.69) is 32.2 Å². The van der Waals surface area contributed by atoms with Crippen molar-refractivity contribution in [3.8, 4) is 0 Å². The van der Waals surface area contributed by atoms with E-state index in [0.29, 0.717) is 0 Å². The van der Waals surface area contributed by atoms with Crippen molar-refractivity contribution in [2.75, 3.05) is 0 Å². The van der Waals surface area contributed by atoms with Crippen LogP contribution in [0.1, 0.15) is 65.2 Å². The molecule has 0 saturated carbocycles. The maximum Gasteiger partial charge on any atom is 0.273 e. The van der Waals surface area contributed by atoms with Crippen LogP contribution >= 0.6 is 12.6 Å². The second-order valence-electron chi connectivity index (χ2n) is 3.46. The number of carbonyl (C=O) groups excluding carboxylic acids is 1. The van der Waals surface area contributed by atoms with E-state index in [-0.39, 0.29) is 0 Å². The molecule has 0 fully saturated rings. The average molecular weight is 219 g/mol. The highest BCUT2D eigenvalue weighted by molar-refractivity contribution is 7.96. The Morgan fingerprint density at radius 3 is 1.36 bits per heavy atom. The summed E-state index contributed by atoms with van der Waals surface area (Å²) in [7, 11) is 0. The van der Waals surface area contributed by atoms with Gasteiger partial charge >= 0.3 is 0 Å². The van der Waals surface area contributed by atoms with E-state index < -0.39 is 5.24 Å². The zero-order valence-corrected chi connectivity index (χ0v) is 10.5. The molecule has 3 heteroatoms. The van der Waals surface area contributed by atoms with E-state index in [1.165, 1.54) is 51.4 Å². The van der Waals surface area contributed by atoms with Gasteiger partial charge in [-0.1, -0.05) is 77.8 Å². The van der Waals surface area contributed by atoms with Gasteiger partial charge in [-0.2, -0.15) is 0 Å². The van der Waals surface area contributed by atoms with Gasteiger partial charge in [0, 0.05) is 0 Å². The zero-order valence-electron chi connectivity index (χ0n) is 9.59. The molecule has 0 bridgehead atoms. The van der Waals surface area contributed by atoms with Crippen molar-refractivity contribution in [1.82, 2.24) is 0 Å². The van der Waals surface area contributed by atoms with E-state index in [9.17, 15) is 0 Å². The highest BCUT2D eigenvalue weighted by Crippen LogP contribution is 2.07. The summed E-state index contributed by atoms with van der Waals surface area (Å²) in [4.78, 5) is 9.09. The number of unbranched alkanes of at least 4 members (excludes halogenated alkanes) is 7. The molecule has 86 valence electrons. The molecule has 0 aliphatic heterocycles. The van der Waals surface area contributed by atoms with Gasteiger partial charge in [-0.3, -0.25) is 4.79 Å². The minimum atomic E-state index is -0.639. The predicted octanol–water partition coefficient (Wildman–Crippen LogP) is 4.14. The van der Waals surface area contributed by atoms with Crippen LogP contribution < -0.4 is 5.73 Å². The fraction of sp³-hybridized carbons (Fsp3) is 0.909. The third-order valence-electron chi connectivity index (χ3n) is 1.96.